The van der Waals surface area contributed by atoms with Gasteiger partial charge in [-0.3, -0.25) is 9.97 Å². The van der Waals surface area contributed by atoms with Gasteiger partial charge in [0.25, 0.3) is 0 Å². The minimum atomic E-state index is 0.0287. The fourth-order valence-electron chi connectivity index (χ4n) is 8.20. The minimum Gasteiger partial charge on any atom is -0.254 e. The minimum absolute atomic E-state index is 0.0287. The third-order valence-electron chi connectivity index (χ3n) is 11.4. The molecule has 0 amide bonds. The number of fused-ring (bicyclic) bond motifs is 7. The second-order valence-electron chi connectivity index (χ2n) is 15.1. The quantitative estimate of drug-likeness (QED) is 0.162. The number of hydrogen-bond acceptors (Lipinski definition) is 7. The van der Waals surface area contributed by atoms with Gasteiger partial charge in [0.1, 0.15) is 0 Å². The lowest BCUT2D eigenvalue weighted by atomic mass is 9.88. The molecule has 7 heteroatoms. The Labute approximate surface area is 334 Å². The van der Waals surface area contributed by atoms with Gasteiger partial charge in [-0.05, 0) is 78.6 Å². The first-order valence-corrected chi connectivity index (χ1v) is 19.6. The maximum absolute atomic E-state index is 5.28. The van der Waals surface area contributed by atoms with E-state index in [1.54, 1.807) is 0 Å². The zero-order chi connectivity index (χ0) is 38.7. The van der Waals surface area contributed by atoms with Crippen LogP contribution >= 0.6 is 0 Å². The summed E-state index contributed by atoms with van der Waals surface area (Å²) in [4.78, 5) is 35.5. The van der Waals surface area contributed by atoms with E-state index in [4.69, 9.17) is 29.9 Å². The van der Waals surface area contributed by atoms with Crippen LogP contribution in [0.15, 0.2) is 164 Å². The molecule has 0 bridgehead atoms. The normalized spacial score (nSPS) is 14.3. The lowest BCUT2D eigenvalue weighted by molar-refractivity contribution is 0.816. The molecule has 5 heterocycles. The van der Waals surface area contributed by atoms with Gasteiger partial charge in [-0.2, -0.15) is 0 Å². The van der Waals surface area contributed by atoms with Gasteiger partial charge in [0, 0.05) is 67.8 Å². The van der Waals surface area contributed by atoms with E-state index >= 15 is 0 Å². The summed E-state index contributed by atoms with van der Waals surface area (Å²) in [5.41, 5.74) is 11.4. The Hall–Kier alpha value is -7.51. The van der Waals surface area contributed by atoms with Crippen molar-refractivity contribution in [3.63, 3.8) is 0 Å². The average molecular weight is 746 g/mol. The third kappa shape index (κ3) is 5.87. The Bertz CT molecular complexity index is 3370. The Kier molecular flexibility index (Phi) is 7.93. The van der Waals surface area contributed by atoms with Crippen LogP contribution in [0.25, 0.3) is 94.0 Å². The van der Waals surface area contributed by atoms with Crippen molar-refractivity contribution < 1.29 is 0 Å². The van der Waals surface area contributed by atoms with Crippen molar-refractivity contribution in [1.82, 2.24) is 34.9 Å². The van der Waals surface area contributed by atoms with E-state index in [1.165, 1.54) is 0 Å². The van der Waals surface area contributed by atoms with Gasteiger partial charge in [0.15, 0.2) is 17.5 Å². The van der Waals surface area contributed by atoms with Crippen LogP contribution in [0, 0.1) is 6.92 Å². The van der Waals surface area contributed by atoms with E-state index in [-0.39, 0.29) is 5.92 Å². The van der Waals surface area contributed by atoms with E-state index in [9.17, 15) is 0 Å². The van der Waals surface area contributed by atoms with Crippen molar-refractivity contribution in [2.75, 3.05) is 0 Å². The summed E-state index contributed by atoms with van der Waals surface area (Å²) < 4.78 is 0. The number of rotatable bonds is 5. The van der Waals surface area contributed by atoms with E-state index in [2.05, 4.69) is 152 Å². The van der Waals surface area contributed by atoms with Crippen LogP contribution in [0.2, 0.25) is 0 Å². The van der Waals surface area contributed by atoms with Gasteiger partial charge >= 0.3 is 0 Å². The van der Waals surface area contributed by atoms with Crippen molar-refractivity contribution >= 4 is 60.0 Å². The second-order valence-corrected chi connectivity index (χ2v) is 15.1. The van der Waals surface area contributed by atoms with Gasteiger partial charge in [-0.1, -0.05) is 109 Å². The average Bonchev–Trinajstić information content (AvgIpc) is 3.28. The highest BCUT2D eigenvalue weighted by Gasteiger charge is 2.23. The van der Waals surface area contributed by atoms with Crippen molar-refractivity contribution in [3.8, 4) is 34.0 Å². The van der Waals surface area contributed by atoms with Crippen LogP contribution < -0.4 is 0 Å². The van der Waals surface area contributed by atoms with Crippen LogP contribution in [0.4, 0.5) is 0 Å². The highest BCUT2D eigenvalue weighted by atomic mass is 15.0. The fourth-order valence-corrected chi connectivity index (χ4v) is 8.20. The standard InChI is InChI=1S/C51H35N7/c1-30-11-13-38(43-23-21-35-18-16-33-9-5-25-52-45(33)47(35)54-43)28-41(30)50-56-49(40-20-15-32-7-3-4-8-37(32)27-40)57-51(58-50)42-29-39(14-12-31(42)2)44-24-22-36-19-17-34-10-6-26-53-46(34)48(36)55-44/h3-13,15-29,39H,14H2,1-2H3. The molecular formula is C51H35N7. The number of allylic oxidation sites excluding steroid dienone is 4. The number of pyridine rings is 4. The van der Waals surface area contributed by atoms with Gasteiger partial charge in [0.05, 0.1) is 27.8 Å². The summed E-state index contributed by atoms with van der Waals surface area (Å²) >= 11 is 0. The fraction of sp³-hybridized carbons (Fsp3) is 0.0784. The molecule has 0 saturated carbocycles. The summed E-state index contributed by atoms with van der Waals surface area (Å²) in [5.74, 6) is 1.89. The van der Waals surface area contributed by atoms with E-state index < -0.39 is 0 Å². The largest absolute Gasteiger partial charge is 0.254 e. The monoisotopic (exact) mass is 745 g/mol. The predicted octanol–water partition coefficient (Wildman–Crippen LogP) is 12.0. The summed E-state index contributed by atoms with van der Waals surface area (Å²) in [7, 11) is 0. The zero-order valence-electron chi connectivity index (χ0n) is 31.9. The lowest BCUT2D eigenvalue weighted by Gasteiger charge is -2.20. The third-order valence-corrected chi connectivity index (χ3v) is 11.4. The molecule has 5 aromatic carbocycles. The highest BCUT2D eigenvalue weighted by molar-refractivity contribution is 6.04. The van der Waals surface area contributed by atoms with Crippen molar-refractivity contribution in [3.05, 3.63) is 181 Å². The molecule has 1 aliphatic rings. The van der Waals surface area contributed by atoms with Crippen molar-refractivity contribution in [1.29, 1.82) is 0 Å². The van der Waals surface area contributed by atoms with E-state index in [0.29, 0.717) is 17.5 Å². The SMILES string of the molecule is CC1=CCC(c2ccc3ccc4cccnc4c3n2)C=C1c1nc(-c2ccc3ccccc3c2)nc(-c2cc(-c3ccc4ccc5cccnc5c4n3)ccc2C)n1. The molecule has 10 aromatic rings. The van der Waals surface area contributed by atoms with Crippen LogP contribution in [0.5, 0.6) is 0 Å². The summed E-state index contributed by atoms with van der Waals surface area (Å²) in [6.45, 7) is 4.25. The molecule has 0 spiro atoms. The molecule has 0 aliphatic heterocycles. The maximum Gasteiger partial charge on any atom is 0.164 e. The molecular weight excluding hydrogens is 711 g/mol. The zero-order valence-corrected chi connectivity index (χ0v) is 31.9. The first-order chi connectivity index (χ1) is 28.5. The number of aromatic nitrogens is 7. The molecule has 0 saturated heterocycles. The molecule has 1 aliphatic carbocycles. The highest BCUT2D eigenvalue weighted by Crippen LogP contribution is 2.37. The number of hydrogen-bond donors (Lipinski definition) is 0. The lowest BCUT2D eigenvalue weighted by Crippen LogP contribution is -2.09. The Morgan fingerprint density at radius 3 is 1.84 bits per heavy atom. The van der Waals surface area contributed by atoms with Crippen LogP contribution in [-0.4, -0.2) is 34.9 Å². The summed E-state index contributed by atoms with van der Waals surface area (Å²) in [6.07, 6.45) is 9.05. The Morgan fingerprint density at radius 2 is 1.07 bits per heavy atom. The maximum atomic E-state index is 5.28. The van der Waals surface area contributed by atoms with E-state index in [0.717, 1.165) is 106 Å². The second kappa shape index (κ2) is 13.6. The first kappa shape index (κ1) is 33.8. The predicted molar refractivity (Wildman–Crippen MR) is 235 cm³/mol. The molecule has 7 nitrogen and oxygen atoms in total. The van der Waals surface area contributed by atoms with Crippen molar-refractivity contribution in [2.24, 2.45) is 0 Å². The molecule has 0 N–H and O–H groups in total. The molecule has 1 atom stereocenters. The van der Waals surface area contributed by atoms with Crippen molar-refractivity contribution in [2.45, 2.75) is 26.2 Å². The molecule has 0 fully saturated rings. The van der Waals surface area contributed by atoms with Gasteiger partial charge in [-0.25, -0.2) is 24.9 Å². The number of nitrogens with zero attached hydrogens (tertiary/aromatic N) is 7. The topological polar surface area (TPSA) is 90.2 Å². The summed E-state index contributed by atoms with van der Waals surface area (Å²) in [6, 6.07) is 46.2. The van der Waals surface area contributed by atoms with Gasteiger partial charge in [0.2, 0.25) is 0 Å². The first-order valence-electron chi connectivity index (χ1n) is 19.6. The van der Waals surface area contributed by atoms with Gasteiger partial charge in [-0.15, -0.1) is 0 Å². The van der Waals surface area contributed by atoms with Gasteiger partial charge < -0.3 is 0 Å². The number of aryl methyl sites for hydroxylation is 1. The molecule has 58 heavy (non-hydrogen) atoms. The smallest absolute Gasteiger partial charge is 0.164 e. The van der Waals surface area contributed by atoms with Crippen LogP contribution in [0.1, 0.15) is 36.3 Å². The summed E-state index contributed by atoms with van der Waals surface area (Å²) in [5, 5.41) is 6.56. The number of benzene rings is 5. The van der Waals surface area contributed by atoms with Crippen LogP contribution in [0.3, 0.4) is 0 Å². The molecule has 274 valence electrons. The molecule has 0 radical (unpaired) electrons. The van der Waals surface area contributed by atoms with E-state index in [1.807, 2.05) is 24.5 Å². The van der Waals surface area contributed by atoms with Crippen LogP contribution in [-0.2, 0) is 0 Å². The molecule has 5 aromatic heterocycles. The Balaban J connectivity index is 1.06. The molecule has 11 rings (SSSR count). The molecule has 1 unspecified atom stereocenters. The Morgan fingerprint density at radius 1 is 0.466 bits per heavy atom.